The molecule has 0 aliphatic heterocycles. The van der Waals surface area contributed by atoms with Gasteiger partial charge >= 0.3 is 0 Å². The third kappa shape index (κ3) is 4.12. The van der Waals surface area contributed by atoms with Gasteiger partial charge in [0.1, 0.15) is 5.82 Å². The number of rotatable bonds is 4. The minimum atomic E-state index is -0.201. The maximum atomic E-state index is 12.1. The van der Waals surface area contributed by atoms with E-state index in [2.05, 4.69) is 15.6 Å². The summed E-state index contributed by atoms with van der Waals surface area (Å²) in [5.74, 6) is 0.510. The number of hydrogen-bond acceptors (Lipinski definition) is 3. The second-order valence-electron chi connectivity index (χ2n) is 5.38. The molecule has 2 N–H and O–H groups in total. The van der Waals surface area contributed by atoms with Gasteiger partial charge in [0, 0.05) is 16.3 Å². The summed E-state index contributed by atoms with van der Waals surface area (Å²) in [5.41, 5.74) is 3.34. The lowest BCUT2D eigenvalue weighted by Gasteiger charge is -2.08. The van der Waals surface area contributed by atoms with Crippen molar-refractivity contribution in [2.24, 2.45) is 0 Å². The third-order valence-corrected chi connectivity index (χ3v) is 3.70. The number of halogens is 1. The summed E-state index contributed by atoms with van der Waals surface area (Å²) in [5, 5.41) is 6.61. The Hall–Kier alpha value is -2.85. The van der Waals surface area contributed by atoms with Gasteiger partial charge in [-0.05, 0) is 55.5 Å². The zero-order chi connectivity index (χ0) is 16.9. The Morgan fingerprint density at radius 1 is 0.917 bits per heavy atom. The van der Waals surface area contributed by atoms with Crippen LogP contribution in [0.5, 0.6) is 0 Å². The van der Waals surface area contributed by atoms with E-state index in [0.717, 1.165) is 5.69 Å². The average Bonchev–Trinajstić information content (AvgIpc) is 2.59. The van der Waals surface area contributed by atoms with Crippen LogP contribution in [-0.4, -0.2) is 10.9 Å². The van der Waals surface area contributed by atoms with Gasteiger partial charge in [0.2, 0.25) is 0 Å². The molecule has 1 amide bonds. The molecule has 120 valence electrons. The Labute approximate surface area is 145 Å². The molecule has 0 saturated carbocycles. The highest BCUT2D eigenvalue weighted by Gasteiger charge is 2.06. The molecule has 1 aromatic heterocycles. The number of nitrogens with zero attached hydrogens (tertiary/aromatic N) is 1. The van der Waals surface area contributed by atoms with E-state index >= 15 is 0 Å². The number of pyridine rings is 1. The van der Waals surface area contributed by atoms with Gasteiger partial charge in [-0.25, -0.2) is 4.98 Å². The molecule has 2 aromatic carbocycles. The maximum Gasteiger partial charge on any atom is 0.255 e. The van der Waals surface area contributed by atoms with Gasteiger partial charge in [0.25, 0.3) is 5.91 Å². The van der Waals surface area contributed by atoms with Crippen molar-refractivity contribution in [3.05, 3.63) is 83.0 Å². The highest BCUT2D eigenvalue weighted by atomic mass is 35.5. The predicted octanol–water partition coefficient (Wildman–Crippen LogP) is 5.04. The molecule has 0 spiro atoms. The van der Waals surface area contributed by atoms with Crippen molar-refractivity contribution in [1.29, 1.82) is 0 Å². The molecule has 0 unspecified atom stereocenters. The zero-order valence-corrected chi connectivity index (χ0v) is 13.8. The summed E-state index contributed by atoms with van der Waals surface area (Å²) in [6.07, 6.45) is 1.62. The number of carbonyl (C=O) groups is 1. The first-order chi connectivity index (χ1) is 11.6. The summed E-state index contributed by atoms with van der Waals surface area (Å²) >= 11 is 5.82. The van der Waals surface area contributed by atoms with Crippen molar-refractivity contribution in [2.75, 3.05) is 10.6 Å². The van der Waals surface area contributed by atoms with E-state index in [1.54, 1.807) is 36.5 Å². The highest BCUT2D eigenvalue weighted by Crippen LogP contribution is 2.17. The number of benzene rings is 2. The highest BCUT2D eigenvalue weighted by molar-refractivity contribution is 6.30. The average molecular weight is 338 g/mol. The third-order valence-electron chi connectivity index (χ3n) is 3.45. The number of hydrogen-bond donors (Lipinski definition) is 2. The smallest absolute Gasteiger partial charge is 0.255 e. The van der Waals surface area contributed by atoms with E-state index in [1.807, 2.05) is 37.3 Å². The van der Waals surface area contributed by atoms with Crippen LogP contribution < -0.4 is 10.6 Å². The fourth-order valence-corrected chi connectivity index (χ4v) is 2.26. The number of amides is 1. The van der Waals surface area contributed by atoms with Crippen LogP contribution >= 0.6 is 11.6 Å². The Balaban J connectivity index is 1.64. The molecular weight excluding hydrogens is 322 g/mol. The van der Waals surface area contributed by atoms with Crippen molar-refractivity contribution in [3.8, 4) is 0 Å². The maximum absolute atomic E-state index is 12.1. The fraction of sp³-hybridized carbons (Fsp3) is 0.0526. The summed E-state index contributed by atoms with van der Waals surface area (Å²) in [4.78, 5) is 16.4. The van der Waals surface area contributed by atoms with Gasteiger partial charge in [-0.3, -0.25) is 4.79 Å². The predicted molar refractivity (Wildman–Crippen MR) is 98.1 cm³/mol. The largest absolute Gasteiger partial charge is 0.340 e. The second-order valence-corrected chi connectivity index (χ2v) is 5.82. The fourth-order valence-electron chi connectivity index (χ4n) is 2.13. The molecule has 3 aromatic rings. The number of carbonyl (C=O) groups excluding carboxylic acids is 1. The monoisotopic (exact) mass is 337 g/mol. The van der Waals surface area contributed by atoms with Crippen molar-refractivity contribution < 1.29 is 4.79 Å². The minimum absolute atomic E-state index is 0.201. The van der Waals surface area contributed by atoms with Crippen LogP contribution in [0.4, 0.5) is 17.2 Å². The van der Waals surface area contributed by atoms with E-state index < -0.39 is 0 Å². The molecule has 4 nitrogen and oxygen atoms in total. The van der Waals surface area contributed by atoms with Gasteiger partial charge in [-0.2, -0.15) is 0 Å². The van der Waals surface area contributed by atoms with E-state index in [-0.39, 0.29) is 5.91 Å². The molecule has 0 radical (unpaired) electrons. The Bertz CT molecular complexity index is 828. The number of aromatic nitrogens is 1. The number of nitrogens with one attached hydrogen (secondary N) is 2. The van der Waals surface area contributed by atoms with Crippen molar-refractivity contribution >= 4 is 34.7 Å². The molecule has 0 fully saturated rings. The van der Waals surface area contributed by atoms with Crippen LogP contribution in [0.15, 0.2) is 66.9 Å². The van der Waals surface area contributed by atoms with E-state index in [1.165, 1.54) is 5.56 Å². The summed E-state index contributed by atoms with van der Waals surface area (Å²) in [6, 6.07) is 18.4. The number of aryl methyl sites for hydroxylation is 1. The summed E-state index contributed by atoms with van der Waals surface area (Å²) in [7, 11) is 0. The van der Waals surface area contributed by atoms with E-state index in [9.17, 15) is 4.79 Å². The quantitative estimate of drug-likeness (QED) is 0.701. The van der Waals surface area contributed by atoms with Crippen LogP contribution in [0.1, 0.15) is 15.9 Å². The molecular formula is C19H16ClN3O. The van der Waals surface area contributed by atoms with Crippen molar-refractivity contribution in [2.45, 2.75) is 6.92 Å². The lowest BCUT2D eigenvalue weighted by molar-refractivity contribution is 0.102. The normalized spacial score (nSPS) is 10.2. The van der Waals surface area contributed by atoms with Crippen LogP contribution in [0.2, 0.25) is 5.02 Å². The van der Waals surface area contributed by atoms with Gasteiger partial charge in [0.05, 0.1) is 11.9 Å². The van der Waals surface area contributed by atoms with Crippen LogP contribution in [0, 0.1) is 6.92 Å². The van der Waals surface area contributed by atoms with Crippen LogP contribution in [0.25, 0.3) is 0 Å². The van der Waals surface area contributed by atoms with E-state index in [0.29, 0.717) is 22.1 Å². The first-order valence-electron chi connectivity index (χ1n) is 7.47. The molecule has 3 rings (SSSR count). The Morgan fingerprint density at radius 3 is 2.21 bits per heavy atom. The van der Waals surface area contributed by atoms with Gasteiger partial charge in [0.15, 0.2) is 0 Å². The first-order valence-corrected chi connectivity index (χ1v) is 7.84. The lowest BCUT2D eigenvalue weighted by atomic mass is 10.2. The second kappa shape index (κ2) is 7.15. The zero-order valence-electron chi connectivity index (χ0n) is 13.1. The van der Waals surface area contributed by atoms with Crippen molar-refractivity contribution in [3.63, 3.8) is 0 Å². The lowest BCUT2D eigenvalue weighted by Crippen LogP contribution is -2.11. The SMILES string of the molecule is Cc1ccc(Nc2ccc(NC(=O)c3ccc(Cl)cc3)cn2)cc1. The Morgan fingerprint density at radius 2 is 1.58 bits per heavy atom. The van der Waals surface area contributed by atoms with Crippen molar-refractivity contribution in [1.82, 2.24) is 4.98 Å². The van der Waals surface area contributed by atoms with Gasteiger partial charge < -0.3 is 10.6 Å². The van der Waals surface area contributed by atoms with Crippen LogP contribution in [-0.2, 0) is 0 Å². The topological polar surface area (TPSA) is 54.0 Å². The van der Waals surface area contributed by atoms with E-state index in [4.69, 9.17) is 11.6 Å². The standard InChI is InChI=1S/C19H16ClN3O/c1-13-2-8-16(9-3-13)22-18-11-10-17(12-21-18)23-19(24)14-4-6-15(20)7-5-14/h2-12H,1H3,(H,21,22)(H,23,24). The molecule has 24 heavy (non-hydrogen) atoms. The molecule has 0 atom stereocenters. The van der Waals surface area contributed by atoms with Crippen LogP contribution in [0.3, 0.4) is 0 Å². The summed E-state index contributed by atoms with van der Waals surface area (Å²) < 4.78 is 0. The number of anilines is 3. The molecule has 5 heteroatoms. The summed E-state index contributed by atoms with van der Waals surface area (Å²) in [6.45, 7) is 2.04. The molecule has 1 heterocycles. The molecule has 0 saturated heterocycles. The minimum Gasteiger partial charge on any atom is -0.340 e. The molecule has 0 aliphatic carbocycles. The Kier molecular flexibility index (Phi) is 4.77. The van der Waals surface area contributed by atoms with Gasteiger partial charge in [-0.1, -0.05) is 29.3 Å². The molecule has 0 aliphatic rings. The molecule has 0 bridgehead atoms. The first kappa shape index (κ1) is 16.0. The van der Waals surface area contributed by atoms with Gasteiger partial charge in [-0.15, -0.1) is 0 Å².